The predicted molar refractivity (Wildman–Crippen MR) is 100 cm³/mol. The Morgan fingerprint density at radius 1 is 1.33 bits per heavy atom. The van der Waals surface area contributed by atoms with E-state index >= 15 is 0 Å². The monoisotopic (exact) mass is 353 g/mol. The van der Waals surface area contributed by atoms with Crippen molar-refractivity contribution in [3.05, 3.63) is 23.2 Å². The Labute approximate surface area is 149 Å². The van der Waals surface area contributed by atoms with Gasteiger partial charge in [-0.15, -0.1) is 0 Å². The molecule has 0 bridgehead atoms. The summed E-state index contributed by atoms with van der Waals surface area (Å²) in [6.45, 7) is 3.28. The molecule has 5 nitrogen and oxygen atoms in total. The molecule has 2 rings (SSSR count). The molecule has 1 aliphatic rings. The van der Waals surface area contributed by atoms with Crippen LogP contribution in [0.15, 0.2) is 18.2 Å². The van der Waals surface area contributed by atoms with Crippen LogP contribution in [0.4, 0.5) is 16.2 Å². The molecule has 6 heteroatoms. The summed E-state index contributed by atoms with van der Waals surface area (Å²) in [7, 11) is 3.78. The molecular formula is C18H28ClN3O2. The molecular weight excluding hydrogens is 326 g/mol. The summed E-state index contributed by atoms with van der Waals surface area (Å²) < 4.78 is 5.91. The Bertz CT molecular complexity index is 551. The molecule has 24 heavy (non-hydrogen) atoms. The fraction of sp³-hybridized carbons (Fsp3) is 0.611. The van der Waals surface area contributed by atoms with Gasteiger partial charge in [-0.1, -0.05) is 37.4 Å². The van der Waals surface area contributed by atoms with Crippen LogP contribution in [0.25, 0.3) is 0 Å². The fourth-order valence-electron chi connectivity index (χ4n) is 3.14. The fourth-order valence-corrected chi connectivity index (χ4v) is 3.49. The van der Waals surface area contributed by atoms with Crippen LogP contribution in [0, 0.1) is 5.92 Å². The van der Waals surface area contributed by atoms with E-state index in [0.717, 1.165) is 12.1 Å². The molecule has 0 aromatic heterocycles. The number of carbonyl (C=O) groups is 1. The molecule has 0 unspecified atom stereocenters. The number of carbonyl (C=O) groups excluding carboxylic acids is 1. The molecule has 0 heterocycles. The normalized spacial score (nSPS) is 20.5. The van der Waals surface area contributed by atoms with Crippen LogP contribution in [0.1, 0.15) is 32.6 Å². The molecule has 1 aromatic rings. The van der Waals surface area contributed by atoms with Crippen LogP contribution in [-0.2, 0) is 4.74 Å². The minimum Gasteiger partial charge on any atom is -0.376 e. The van der Waals surface area contributed by atoms with Crippen molar-refractivity contribution in [2.75, 3.05) is 37.5 Å². The van der Waals surface area contributed by atoms with Crippen LogP contribution in [0.3, 0.4) is 0 Å². The zero-order valence-corrected chi connectivity index (χ0v) is 15.5. The second kappa shape index (κ2) is 9.14. The van der Waals surface area contributed by atoms with Crippen molar-refractivity contribution in [1.29, 1.82) is 0 Å². The van der Waals surface area contributed by atoms with Gasteiger partial charge in [-0.25, -0.2) is 4.79 Å². The standard InChI is InChI=1S/C18H28ClN3O2/c1-13-7-4-5-10-16(13)24-12-11-20-18(23)21-15-9-6-8-14(19)17(15)22(2)3/h6,8-9,13,16H,4-5,7,10-12H2,1-3H3,(H2,20,21,23)/t13-,16+/m0/s1. The van der Waals surface area contributed by atoms with Gasteiger partial charge in [-0.2, -0.15) is 0 Å². The molecule has 1 aromatic carbocycles. The zero-order valence-electron chi connectivity index (χ0n) is 14.8. The highest BCUT2D eigenvalue weighted by Gasteiger charge is 2.21. The van der Waals surface area contributed by atoms with Crippen molar-refractivity contribution >= 4 is 29.0 Å². The molecule has 0 aliphatic heterocycles. The summed E-state index contributed by atoms with van der Waals surface area (Å²) in [6.07, 6.45) is 5.24. The Balaban J connectivity index is 1.77. The second-order valence-corrected chi connectivity index (χ2v) is 6.99. The Kier molecular flexibility index (Phi) is 7.18. The number of rotatable bonds is 6. The molecule has 0 radical (unpaired) electrons. The highest BCUT2D eigenvalue weighted by atomic mass is 35.5. The molecule has 0 saturated heterocycles. The topological polar surface area (TPSA) is 53.6 Å². The number of halogens is 1. The number of anilines is 2. The van der Waals surface area contributed by atoms with E-state index in [1.807, 2.05) is 31.1 Å². The lowest BCUT2D eigenvalue weighted by Gasteiger charge is -2.28. The Morgan fingerprint density at radius 2 is 2.08 bits per heavy atom. The van der Waals surface area contributed by atoms with Gasteiger partial charge in [0.25, 0.3) is 0 Å². The third-order valence-corrected chi connectivity index (χ3v) is 4.74. The van der Waals surface area contributed by atoms with Crippen LogP contribution in [-0.4, -0.2) is 39.4 Å². The van der Waals surface area contributed by atoms with E-state index in [1.54, 1.807) is 6.07 Å². The number of hydrogen-bond acceptors (Lipinski definition) is 3. The van der Waals surface area contributed by atoms with Crippen molar-refractivity contribution in [2.45, 2.75) is 38.7 Å². The van der Waals surface area contributed by atoms with Gasteiger partial charge in [-0.05, 0) is 30.9 Å². The number of nitrogens with one attached hydrogen (secondary N) is 2. The van der Waals surface area contributed by atoms with Crippen molar-refractivity contribution in [3.8, 4) is 0 Å². The smallest absolute Gasteiger partial charge is 0.319 e. The van der Waals surface area contributed by atoms with Gasteiger partial charge in [0.2, 0.25) is 0 Å². The maximum absolute atomic E-state index is 12.1. The summed E-state index contributed by atoms with van der Waals surface area (Å²) in [6, 6.07) is 5.21. The maximum Gasteiger partial charge on any atom is 0.319 e. The SMILES string of the molecule is C[C@H]1CCCC[C@H]1OCCNC(=O)Nc1cccc(Cl)c1N(C)C. The van der Waals surface area contributed by atoms with Crippen LogP contribution in [0.2, 0.25) is 5.02 Å². The lowest BCUT2D eigenvalue weighted by Crippen LogP contribution is -2.34. The largest absolute Gasteiger partial charge is 0.376 e. The van der Waals surface area contributed by atoms with Gasteiger partial charge in [-0.3, -0.25) is 0 Å². The molecule has 1 saturated carbocycles. The van der Waals surface area contributed by atoms with E-state index in [4.69, 9.17) is 16.3 Å². The van der Waals surface area contributed by atoms with E-state index in [9.17, 15) is 4.79 Å². The number of ether oxygens (including phenoxy) is 1. The summed E-state index contributed by atoms with van der Waals surface area (Å²) in [5, 5.41) is 6.29. The van der Waals surface area contributed by atoms with Gasteiger partial charge in [0, 0.05) is 20.6 Å². The molecule has 0 spiro atoms. The molecule has 2 atom stereocenters. The molecule has 2 N–H and O–H groups in total. The van der Waals surface area contributed by atoms with E-state index in [0.29, 0.717) is 35.9 Å². The zero-order chi connectivity index (χ0) is 17.5. The third-order valence-electron chi connectivity index (χ3n) is 4.43. The summed E-state index contributed by atoms with van der Waals surface area (Å²) in [5.41, 5.74) is 1.48. The van der Waals surface area contributed by atoms with E-state index in [1.165, 1.54) is 19.3 Å². The lowest BCUT2D eigenvalue weighted by atomic mass is 9.88. The number of amides is 2. The van der Waals surface area contributed by atoms with Gasteiger partial charge in [0.15, 0.2) is 0 Å². The number of urea groups is 1. The summed E-state index contributed by atoms with van der Waals surface area (Å²) in [5.74, 6) is 0.613. The average molecular weight is 354 g/mol. The summed E-state index contributed by atoms with van der Waals surface area (Å²) in [4.78, 5) is 14.0. The van der Waals surface area contributed by atoms with Crippen molar-refractivity contribution in [2.24, 2.45) is 5.92 Å². The number of benzene rings is 1. The van der Waals surface area contributed by atoms with E-state index in [2.05, 4.69) is 17.6 Å². The number of hydrogen-bond donors (Lipinski definition) is 2. The van der Waals surface area contributed by atoms with Crippen molar-refractivity contribution < 1.29 is 9.53 Å². The first-order valence-electron chi connectivity index (χ1n) is 8.61. The van der Waals surface area contributed by atoms with Crippen LogP contribution >= 0.6 is 11.6 Å². The predicted octanol–water partition coefficient (Wildman–Crippen LogP) is 4.12. The van der Waals surface area contributed by atoms with Crippen molar-refractivity contribution in [1.82, 2.24) is 5.32 Å². The number of nitrogens with zero attached hydrogens (tertiary/aromatic N) is 1. The first-order chi connectivity index (χ1) is 11.5. The molecule has 2 amide bonds. The highest BCUT2D eigenvalue weighted by Crippen LogP contribution is 2.32. The lowest BCUT2D eigenvalue weighted by molar-refractivity contribution is -0.00232. The minimum atomic E-state index is -0.249. The van der Waals surface area contributed by atoms with Gasteiger partial charge >= 0.3 is 6.03 Å². The van der Waals surface area contributed by atoms with Crippen LogP contribution < -0.4 is 15.5 Å². The second-order valence-electron chi connectivity index (χ2n) is 6.58. The summed E-state index contributed by atoms with van der Waals surface area (Å²) >= 11 is 6.20. The highest BCUT2D eigenvalue weighted by molar-refractivity contribution is 6.34. The molecule has 134 valence electrons. The quantitative estimate of drug-likeness (QED) is 0.756. The van der Waals surface area contributed by atoms with Crippen LogP contribution in [0.5, 0.6) is 0 Å². The van der Waals surface area contributed by atoms with Gasteiger partial charge < -0.3 is 20.3 Å². The van der Waals surface area contributed by atoms with Crippen molar-refractivity contribution in [3.63, 3.8) is 0 Å². The molecule has 1 aliphatic carbocycles. The number of para-hydroxylation sites is 1. The Morgan fingerprint density at radius 3 is 2.79 bits per heavy atom. The third kappa shape index (κ3) is 5.28. The van der Waals surface area contributed by atoms with Gasteiger partial charge in [0.1, 0.15) is 0 Å². The van der Waals surface area contributed by atoms with Gasteiger partial charge in [0.05, 0.1) is 29.1 Å². The Hall–Kier alpha value is -1.46. The van der Waals surface area contributed by atoms with E-state index in [-0.39, 0.29) is 6.03 Å². The van der Waals surface area contributed by atoms with E-state index < -0.39 is 0 Å². The molecule has 1 fully saturated rings. The maximum atomic E-state index is 12.1. The minimum absolute atomic E-state index is 0.249. The average Bonchev–Trinajstić information content (AvgIpc) is 2.53. The first kappa shape index (κ1) is 18.9. The first-order valence-corrected chi connectivity index (χ1v) is 8.99.